The van der Waals surface area contributed by atoms with Gasteiger partial charge >= 0.3 is 0 Å². The van der Waals surface area contributed by atoms with Crippen molar-refractivity contribution in [3.63, 3.8) is 0 Å². The molecule has 1 aliphatic heterocycles. The first-order valence-corrected chi connectivity index (χ1v) is 6.78. The van der Waals surface area contributed by atoms with Crippen LogP contribution in [0.3, 0.4) is 0 Å². The van der Waals surface area contributed by atoms with Gasteiger partial charge in [0.2, 0.25) is 0 Å². The maximum absolute atomic E-state index is 12.5. The molecule has 20 heavy (non-hydrogen) atoms. The fourth-order valence-corrected chi connectivity index (χ4v) is 2.64. The largest absolute Gasteiger partial charge is 0.335 e. The summed E-state index contributed by atoms with van der Waals surface area (Å²) in [5.41, 5.74) is 0.963. The molecule has 0 N–H and O–H groups in total. The molecule has 1 aliphatic rings. The lowest BCUT2D eigenvalue weighted by Gasteiger charge is -2.32. The Hall–Kier alpha value is -2.24. The Balaban J connectivity index is 1.76. The van der Waals surface area contributed by atoms with E-state index in [2.05, 4.69) is 15.0 Å². The molecular weight excluding hydrogens is 254 g/mol. The minimum atomic E-state index is -0.00825. The number of carbonyl (C=O) groups is 1. The van der Waals surface area contributed by atoms with E-state index in [4.69, 9.17) is 0 Å². The minimum absolute atomic E-state index is 0.00825. The van der Waals surface area contributed by atoms with E-state index >= 15 is 0 Å². The third-order valence-electron chi connectivity index (χ3n) is 3.72. The van der Waals surface area contributed by atoms with Gasteiger partial charge < -0.3 is 9.47 Å². The third-order valence-corrected chi connectivity index (χ3v) is 3.72. The predicted molar refractivity (Wildman–Crippen MR) is 73.1 cm³/mol. The van der Waals surface area contributed by atoms with Crippen LogP contribution in [0.25, 0.3) is 0 Å². The molecule has 1 atom stereocenters. The van der Waals surface area contributed by atoms with Crippen molar-refractivity contribution in [3.05, 3.63) is 42.5 Å². The van der Waals surface area contributed by atoms with E-state index in [0.29, 0.717) is 12.4 Å². The maximum Gasteiger partial charge on any atom is 0.289 e. The van der Waals surface area contributed by atoms with E-state index in [0.717, 1.165) is 25.1 Å². The van der Waals surface area contributed by atoms with Crippen LogP contribution in [-0.4, -0.2) is 43.4 Å². The van der Waals surface area contributed by atoms with Crippen LogP contribution in [-0.2, 0) is 7.05 Å². The van der Waals surface area contributed by atoms with Gasteiger partial charge in [-0.2, -0.15) is 0 Å². The van der Waals surface area contributed by atoms with Crippen LogP contribution >= 0.6 is 0 Å². The van der Waals surface area contributed by atoms with Crippen LogP contribution < -0.4 is 0 Å². The Kier molecular flexibility index (Phi) is 3.45. The van der Waals surface area contributed by atoms with Crippen molar-refractivity contribution in [2.24, 2.45) is 7.05 Å². The number of amides is 1. The minimum Gasteiger partial charge on any atom is -0.335 e. The second kappa shape index (κ2) is 5.40. The Labute approximate surface area is 117 Å². The van der Waals surface area contributed by atoms with Crippen molar-refractivity contribution in [1.29, 1.82) is 0 Å². The predicted octanol–water partition coefficient (Wildman–Crippen LogP) is 1.23. The lowest BCUT2D eigenvalue weighted by Crippen LogP contribution is -2.40. The van der Waals surface area contributed by atoms with Gasteiger partial charge in [-0.25, -0.2) is 4.98 Å². The number of aryl methyl sites for hydroxylation is 1. The molecule has 0 radical (unpaired) electrons. The molecule has 6 heteroatoms. The molecule has 1 amide bonds. The molecule has 0 bridgehead atoms. The zero-order valence-electron chi connectivity index (χ0n) is 11.4. The van der Waals surface area contributed by atoms with Crippen LogP contribution in [0.1, 0.15) is 35.1 Å². The number of aromatic nitrogens is 4. The van der Waals surface area contributed by atoms with E-state index in [1.165, 1.54) is 0 Å². The average Bonchev–Trinajstić information content (AvgIpc) is 2.94. The molecule has 0 spiro atoms. The van der Waals surface area contributed by atoms with Crippen molar-refractivity contribution < 1.29 is 4.79 Å². The Morgan fingerprint density at radius 2 is 2.20 bits per heavy atom. The number of carbonyl (C=O) groups excluding carboxylic acids is 1. The van der Waals surface area contributed by atoms with Gasteiger partial charge in [0.1, 0.15) is 0 Å². The first kappa shape index (κ1) is 12.8. The van der Waals surface area contributed by atoms with Crippen LogP contribution in [0.2, 0.25) is 0 Å². The van der Waals surface area contributed by atoms with Crippen LogP contribution in [0.15, 0.2) is 31.0 Å². The first-order valence-electron chi connectivity index (χ1n) is 6.78. The topological polar surface area (TPSA) is 63.9 Å². The summed E-state index contributed by atoms with van der Waals surface area (Å²) in [5, 5.41) is 0. The standard InChI is InChI=1S/C14H17N5O/c1-18-8-6-17-13(18)14(20)19-7-2-3-11(10-19)12-9-15-4-5-16-12/h4-6,8-9,11H,2-3,7,10H2,1H3/t11-/m1/s1. The summed E-state index contributed by atoms with van der Waals surface area (Å²) in [6.07, 6.45) is 10.6. The van der Waals surface area contributed by atoms with Gasteiger partial charge in [0, 0.05) is 57.0 Å². The summed E-state index contributed by atoms with van der Waals surface area (Å²) in [4.78, 5) is 26.9. The summed E-state index contributed by atoms with van der Waals surface area (Å²) in [5.74, 6) is 0.748. The number of nitrogens with zero attached hydrogens (tertiary/aromatic N) is 5. The van der Waals surface area contributed by atoms with Crippen molar-refractivity contribution >= 4 is 5.91 Å². The number of imidazole rings is 1. The first-order chi connectivity index (χ1) is 9.75. The Morgan fingerprint density at radius 3 is 2.90 bits per heavy atom. The van der Waals surface area contributed by atoms with E-state index in [-0.39, 0.29) is 11.8 Å². The molecule has 2 aromatic heterocycles. The molecule has 104 valence electrons. The summed E-state index contributed by atoms with van der Waals surface area (Å²) in [7, 11) is 1.84. The molecule has 1 saturated heterocycles. The number of hydrogen-bond acceptors (Lipinski definition) is 4. The van der Waals surface area contributed by atoms with Gasteiger partial charge in [-0.1, -0.05) is 0 Å². The third kappa shape index (κ3) is 2.41. The number of likely N-dealkylation sites (tertiary alicyclic amines) is 1. The van der Waals surface area contributed by atoms with E-state index in [1.54, 1.807) is 35.6 Å². The van der Waals surface area contributed by atoms with Gasteiger partial charge in [-0.05, 0) is 12.8 Å². The second-order valence-corrected chi connectivity index (χ2v) is 5.08. The summed E-state index contributed by atoms with van der Waals surface area (Å²) >= 11 is 0. The summed E-state index contributed by atoms with van der Waals surface area (Å²) in [6, 6.07) is 0. The normalized spacial score (nSPS) is 19.1. The highest BCUT2D eigenvalue weighted by Gasteiger charge is 2.27. The molecule has 6 nitrogen and oxygen atoms in total. The monoisotopic (exact) mass is 271 g/mol. The molecule has 0 aromatic carbocycles. The van der Waals surface area contributed by atoms with E-state index < -0.39 is 0 Å². The fourth-order valence-electron chi connectivity index (χ4n) is 2.64. The quantitative estimate of drug-likeness (QED) is 0.824. The highest BCUT2D eigenvalue weighted by Crippen LogP contribution is 2.25. The highest BCUT2D eigenvalue weighted by atomic mass is 16.2. The molecular formula is C14H17N5O. The Morgan fingerprint density at radius 1 is 1.30 bits per heavy atom. The van der Waals surface area contributed by atoms with Gasteiger partial charge in [-0.3, -0.25) is 14.8 Å². The van der Waals surface area contributed by atoms with Gasteiger partial charge in [0.15, 0.2) is 5.82 Å². The maximum atomic E-state index is 12.5. The van der Waals surface area contributed by atoms with Gasteiger partial charge in [0.05, 0.1) is 5.69 Å². The molecule has 1 fully saturated rings. The second-order valence-electron chi connectivity index (χ2n) is 5.08. The van der Waals surface area contributed by atoms with E-state index in [9.17, 15) is 4.79 Å². The van der Waals surface area contributed by atoms with Crippen LogP contribution in [0, 0.1) is 0 Å². The lowest BCUT2D eigenvalue weighted by molar-refractivity contribution is 0.0689. The molecule has 0 saturated carbocycles. The molecule has 3 rings (SSSR count). The molecule has 0 unspecified atom stereocenters. The van der Waals surface area contributed by atoms with Gasteiger partial charge in [-0.15, -0.1) is 0 Å². The van der Waals surface area contributed by atoms with Crippen LogP contribution in [0.5, 0.6) is 0 Å². The molecule has 2 aromatic rings. The summed E-state index contributed by atoms with van der Waals surface area (Å²) < 4.78 is 1.76. The Bertz CT molecular complexity index is 595. The highest BCUT2D eigenvalue weighted by molar-refractivity contribution is 5.90. The SMILES string of the molecule is Cn1ccnc1C(=O)N1CCC[C@@H](c2cnccn2)C1. The van der Waals surface area contributed by atoms with E-state index in [1.807, 2.05) is 11.9 Å². The zero-order valence-corrected chi connectivity index (χ0v) is 11.4. The fraction of sp³-hybridized carbons (Fsp3) is 0.429. The molecule has 0 aliphatic carbocycles. The zero-order chi connectivity index (χ0) is 13.9. The van der Waals surface area contributed by atoms with Crippen molar-refractivity contribution in [2.75, 3.05) is 13.1 Å². The van der Waals surface area contributed by atoms with Gasteiger partial charge in [0.25, 0.3) is 5.91 Å². The number of rotatable bonds is 2. The molecule has 3 heterocycles. The van der Waals surface area contributed by atoms with Crippen molar-refractivity contribution in [1.82, 2.24) is 24.4 Å². The van der Waals surface area contributed by atoms with Crippen LogP contribution in [0.4, 0.5) is 0 Å². The van der Waals surface area contributed by atoms with Crippen molar-refractivity contribution in [3.8, 4) is 0 Å². The van der Waals surface area contributed by atoms with Crippen molar-refractivity contribution in [2.45, 2.75) is 18.8 Å². The summed E-state index contributed by atoms with van der Waals surface area (Å²) in [6.45, 7) is 1.47. The number of hydrogen-bond donors (Lipinski definition) is 0. The smallest absolute Gasteiger partial charge is 0.289 e. The lowest BCUT2D eigenvalue weighted by atomic mass is 9.95. The number of piperidine rings is 1. The average molecular weight is 271 g/mol.